The molecule has 0 spiro atoms. The molecule has 0 atom stereocenters. The maximum absolute atomic E-state index is 11.9. The molecule has 2 aromatic rings. The van der Waals surface area contributed by atoms with Gasteiger partial charge < -0.3 is 15.6 Å². The topological polar surface area (TPSA) is 94.0 Å². The molecule has 0 saturated heterocycles. The largest absolute Gasteiger partial charge is 0.389 e. The summed E-state index contributed by atoms with van der Waals surface area (Å²) in [4.78, 5) is 16.0. The quantitative estimate of drug-likeness (QED) is 0.780. The summed E-state index contributed by atoms with van der Waals surface area (Å²) in [7, 11) is 0. The molecule has 1 aromatic heterocycles. The zero-order chi connectivity index (χ0) is 13.7. The predicted octanol–water partition coefficient (Wildman–Crippen LogP) is 0.676. The van der Waals surface area contributed by atoms with Crippen LogP contribution in [0.5, 0.6) is 0 Å². The fraction of sp³-hybridized carbons (Fsp3) is 0.167. The van der Waals surface area contributed by atoms with Crippen LogP contribution in [0, 0.1) is 0 Å². The minimum atomic E-state index is -0.197. The van der Waals surface area contributed by atoms with Gasteiger partial charge in [0.25, 0.3) is 5.91 Å². The van der Waals surface area contributed by atoms with Crippen LogP contribution in [0.3, 0.4) is 0 Å². The number of nitrogens with two attached hydrogens (primary N) is 1. The van der Waals surface area contributed by atoms with Crippen LogP contribution >= 0.6 is 12.2 Å². The number of hydrogen-bond acceptors (Lipinski definition) is 5. The van der Waals surface area contributed by atoms with Gasteiger partial charge in [-0.15, -0.1) is 0 Å². The van der Waals surface area contributed by atoms with Gasteiger partial charge in [-0.25, -0.2) is 0 Å². The molecule has 1 aromatic carbocycles. The lowest BCUT2D eigenvalue weighted by molar-refractivity contribution is 0.0953. The fourth-order valence-corrected chi connectivity index (χ4v) is 1.63. The maximum Gasteiger partial charge on any atom is 0.251 e. The molecule has 0 radical (unpaired) electrons. The molecular weight excluding hydrogens is 264 g/mol. The molecule has 7 heteroatoms. The maximum atomic E-state index is 11.9. The number of nitrogens with zero attached hydrogens (tertiary/aromatic N) is 2. The van der Waals surface area contributed by atoms with Crippen molar-refractivity contribution in [3.05, 3.63) is 47.6 Å². The van der Waals surface area contributed by atoms with Crippen molar-refractivity contribution < 1.29 is 9.32 Å². The average molecular weight is 276 g/mol. The van der Waals surface area contributed by atoms with Gasteiger partial charge in [0.2, 0.25) is 5.89 Å². The minimum absolute atomic E-state index is 0.197. The van der Waals surface area contributed by atoms with Crippen LogP contribution in [-0.2, 0) is 6.42 Å². The molecule has 1 amide bonds. The standard InChI is InChI=1S/C12H12N4O2S/c13-11(19)8-2-1-3-9(6-8)12(17)14-5-4-10-15-7-16-18-10/h1-3,6-7H,4-5H2,(H2,13,19)(H,14,17). The van der Waals surface area contributed by atoms with Crippen LogP contribution in [0.4, 0.5) is 0 Å². The number of carbonyl (C=O) groups excluding carboxylic acids is 1. The normalized spacial score (nSPS) is 10.1. The Balaban J connectivity index is 1.92. The minimum Gasteiger partial charge on any atom is -0.389 e. The highest BCUT2D eigenvalue weighted by molar-refractivity contribution is 7.80. The van der Waals surface area contributed by atoms with Gasteiger partial charge in [-0.3, -0.25) is 4.79 Å². The van der Waals surface area contributed by atoms with E-state index in [9.17, 15) is 4.79 Å². The number of hydrogen-bond donors (Lipinski definition) is 2. The van der Waals surface area contributed by atoms with Crippen molar-refractivity contribution in [3.63, 3.8) is 0 Å². The zero-order valence-electron chi connectivity index (χ0n) is 10.00. The highest BCUT2D eigenvalue weighted by Gasteiger charge is 2.07. The Hall–Kier alpha value is -2.28. The lowest BCUT2D eigenvalue weighted by atomic mass is 10.1. The summed E-state index contributed by atoms with van der Waals surface area (Å²) in [5, 5.41) is 6.23. The second kappa shape index (κ2) is 6.05. The molecule has 98 valence electrons. The molecule has 0 unspecified atom stereocenters. The molecule has 0 aliphatic rings. The number of benzene rings is 1. The highest BCUT2D eigenvalue weighted by atomic mass is 32.1. The number of aromatic nitrogens is 2. The van der Waals surface area contributed by atoms with Gasteiger partial charge >= 0.3 is 0 Å². The van der Waals surface area contributed by atoms with Crippen molar-refractivity contribution in [3.8, 4) is 0 Å². The van der Waals surface area contributed by atoms with E-state index in [1.165, 1.54) is 6.33 Å². The Kier molecular flexibility index (Phi) is 4.19. The fourth-order valence-electron chi connectivity index (χ4n) is 1.50. The summed E-state index contributed by atoms with van der Waals surface area (Å²) < 4.78 is 4.83. The Labute approximate surface area is 115 Å². The van der Waals surface area contributed by atoms with Crippen molar-refractivity contribution in [1.82, 2.24) is 15.5 Å². The van der Waals surface area contributed by atoms with Crippen LogP contribution < -0.4 is 11.1 Å². The molecule has 2 rings (SSSR count). The third kappa shape index (κ3) is 3.59. The van der Waals surface area contributed by atoms with E-state index in [4.69, 9.17) is 22.5 Å². The van der Waals surface area contributed by atoms with Crippen LogP contribution in [0.1, 0.15) is 21.8 Å². The second-order valence-corrected chi connectivity index (χ2v) is 4.23. The number of amides is 1. The van der Waals surface area contributed by atoms with E-state index in [1.807, 2.05) is 0 Å². The molecule has 1 heterocycles. The first-order valence-corrected chi connectivity index (χ1v) is 6.01. The summed E-state index contributed by atoms with van der Waals surface area (Å²) in [6, 6.07) is 6.85. The average Bonchev–Trinajstić information content (AvgIpc) is 2.92. The van der Waals surface area contributed by atoms with E-state index in [-0.39, 0.29) is 10.9 Å². The van der Waals surface area contributed by atoms with E-state index in [1.54, 1.807) is 24.3 Å². The van der Waals surface area contributed by atoms with Crippen LogP contribution in [-0.4, -0.2) is 27.6 Å². The summed E-state index contributed by atoms with van der Waals surface area (Å²) in [5.41, 5.74) is 6.70. The van der Waals surface area contributed by atoms with Crippen molar-refractivity contribution in [2.45, 2.75) is 6.42 Å². The van der Waals surface area contributed by atoms with Crippen molar-refractivity contribution in [1.29, 1.82) is 0 Å². The summed E-state index contributed by atoms with van der Waals surface area (Å²) in [6.45, 7) is 0.415. The van der Waals surface area contributed by atoms with E-state index in [0.717, 1.165) is 0 Å². The van der Waals surface area contributed by atoms with E-state index in [2.05, 4.69) is 15.5 Å². The first kappa shape index (κ1) is 13.2. The third-order valence-corrected chi connectivity index (χ3v) is 2.68. The summed E-state index contributed by atoms with van der Waals surface area (Å²) >= 11 is 4.87. The molecule has 0 aliphatic heterocycles. The summed E-state index contributed by atoms with van der Waals surface area (Å²) in [5.74, 6) is 0.287. The lowest BCUT2D eigenvalue weighted by Gasteiger charge is -2.05. The van der Waals surface area contributed by atoms with Gasteiger partial charge in [-0.05, 0) is 12.1 Å². The SMILES string of the molecule is NC(=S)c1cccc(C(=O)NCCc2ncno2)c1. The predicted molar refractivity (Wildman–Crippen MR) is 72.7 cm³/mol. The Morgan fingerprint density at radius 2 is 2.21 bits per heavy atom. The number of rotatable bonds is 5. The highest BCUT2D eigenvalue weighted by Crippen LogP contribution is 2.05. The molecular formula is C12H12N4O2S. The van der Waals surface area contributed by atoms with Crippen molar-refractivity contribution >= 4 is 23.1 Å². The number of nitrogens with one attached hydrogen (secondary N) is 1. The monoisotopic (exact) mass is 276 g/mol. The molecule has 6 nitrogen and oxygen atoms in total. The third-order valence-electron chi connectivity index (χ3n) is 2.44. The van der Waals surface area contributed by atoms with Crippen LogP contribution in [0.25, 0.3) is 0 Å². The molecule has 3 N–H and O–H groups in total. The number of carbonyl (C=O) groups is 1. The van der Waals surface area contributed by atoms with Gasteiger partial charge in [0.15, 0.2) is 6.33 Å². The zero-order valence-corrected chi connectivity index (χ0v) is 10.8. The molecule has 0 fully saturated rings. The van der Waals surface area contributed by atoms with Gasteiger partial charge in [-0.2, -0.15) is 4.98 Å². The molecule has 19 heavy (non-hydrogen) atoms. The lowest BCUT2D eigenvalue weighted by Crippen LogP contribution is -2.26. The molecule has 0 aliphatic carbocycles. The van der Waals surface area contributed by atoms with E-state index >= 15 is 0 Å². The van der Waals surface area contributed by atoms with Crippen LogP contribution in [0.2, 0.25) is 0 Å². The molecule has 0 saturated carbocycles. The van der Waals surface area contributed by atoms with Crippen molar-refractivity contribution in [2.24, 2.45) is 5.73 Å². The Bertz CT molecular complexity index is 583. The second-order valence-electron chi connectivity index (χ2n) is 3.79. The van der Waals surface area contributed by atoms with E-state index < -0.39 is 0 Å². The van der Waals surface area contributed by atoms with Crippen molar-refractivity contribution in [2.75, 3.05) is 6.54 Å². The van der Waals surface area contributed by atoms with Gasteiger partial charge in [-0.1, -0.05) is 29.5 Å². The summed E-state index contributed by atoms with van der Waals surface area (Å²) in [6.07, 6.45) is 1.81. The Morgan fingerprint density at radius 3 is 2.89 bits per heavy atom. The van der Waals surface area contributed by atoms with E-state index in [0.29, 0.717) is 30.0 Å². The van der Waals surface area contributed by atoms with Gasteiger partial charge in [0, 0.05) is 24.1 Å². The first-order chi connectivity index (χ1) is 9.16. The molecule has 0 bridgehead atoms. The van der Waals surface area contributed by atoms with Gasteiger partial charge in [0.05, 0.1) is 0 Å². The smallest absolute Gasteiger partial charge is 0.251 e. The number of thiocarbonyl (C=S) groups is 1. The Morgan fingerprint density at radius 1 is 1.42 bits per heavy atom. The van der Waals surface area contributed by atoms with Gasteiger partial charge in [0.1, 0.15) is 4.99 Å². The first-order valence-electron chi connectivity index (χ1n) is 5.60. The van der Waals surface area contributed by atoms with Crippen LogP contribution in [0.15, 0.2) is 35.1 Å².